The monoisotopic (exact) mass is 479 g/mol. The third-order valence-electron chi connectivity index (χ3n) is 4.96. The first-order valence-corrected chi connectivity index (χ1v) is 11.5. The van der Waals surface area contributed by atoms with E-state index in [1.807, 2.05) is 38.1 Å². The molecule has 1 heterocycles. The Hall–Kier alpha value is -3.56. The number of carbonyl (C=O) groups excluding carboxylic acids is 1. The van der Waals surface area contributed by atoms with Crippen LogP contribution in [0.4, 0.5) is 11.6 Å². The van der Waals surface area contributed by atoms with Gasteiger partial charge in [-0.2, -0.15) is 5.10 Å². The number of nitrogens with two attached hydrogens (primary N) is 1. The van der Waals surface area contributed by atoms with Gasteiger partial charge in [0.1, 0.15) is 0 Å². The van der Waals surface area contributed by atoms with Crippen molar-refractivity contribution in [2.75, 3.05) is 22.3 Å². The Morgan fingerprint density at radius 3 is 2.73 bits per heavy atom. The number of anilines is 2. The van der Waals surface area contributed by atoms with Crippen LogP contribution in [0.3, 0.4) is 0 Å². The fourth-order valence-corrected chi connectivity index (χ4v) is 3.94. The zero-order valence-electron chi connectivity index (χ0n) is 18.0. The lowest BCUT2D eigenvalue weighted by Gasteiger charge is -2.08. The van der Waals surface area contributed by atoms with E-state index >= 15 is 0 Å². The van der Waals surface area contributed by atoms with Crippen LogP contribution in [0.2, 0.25) is 5.02 Å². The van der Waals surface area contributed by atoms with Crippen molar-refractivity contribution < 1.29 is 4.79 Å². The van der Waals surface area contributed by atoms with E-state index in [1.54, 1.807) is 12.1 Å². The number of halogens is 1. The van der Waals surface area contributed by atoms with Gasteiger partial charge in [-0.15, -0.1) is 10.2 Å². The zero-order valence-corrected chi connectivity index (χ0v) is 19.6. The molecular weight excluding hydrogens is 458 g/mol. The average Bonchev–Trinajstić information content (AvgIpc) is 3.17. The molecule has 0 spiro atoms. The fourth-order valence-electron chi connectivity index (χ4n) is 3.11. The van der Waals surface area contributed by atoms with Gasteiger partial charge in [-0.25, -0.2) is 10.1 Å². The summed E-state index contributed by atoms with van der Waals surface area (Å²) in [4.78, 5) is 12.3. The summed E-state index contributed by atoms with van der Waals surface area (Å²) < 4.78 is 1.26. The normalized spacial score (nSPS) is 11.5. The fraction of sp³-hybridized carbons (Fsp3) is 0.130. The SMILES string of the molecule is C/C(=N\Nc1nnc(SCC(=O)Nc2cc(Cl)ccc2C)n1N)c1ccc2ccccc2c1. The molecule has 0 aliphatic heterocycles. The van der Waals surface area contributed by atoms with Crippen LogP contribution in [0.15, 0.2) is 70.9 Å². The summed E-state index contributed by atoms with van der Waals surface area (Å²) in [5.41, 5.74) is 6.19. The number of thioether (sulfide) groups is 1. The highest BCUT2D eigenvalue weighted by atomic mass is 35.5. The Labute approximate surface area is 200 Å². The van der Waals surface area contributed by atoms with Gasteiger partial charge in [-0.1, -0.05) is 65.8 Å². The van der Waals surface area contributed by atoms with Crippen LogP contribution in [-0.4, -0.2) is 32.2 Å². The molecular formula is C23H22ClN7OS. The highest BCUT2D eigenvalue weighted by Gasteiger charge is 2.13. The number of hydrogen-bond acceptors (Lipinski definition) is 7. The number of fused-ring (bicyclic) bond motifs is 1. The van der Waals surface area contributed by atoms with Crippen molar-refractivity contribution in [1.82, 2.24) is 14.9 Å². The predicted octanol–water partition coefficient (Wildman–Crippen LogP) is 4.67. The van der Waals surface area contributed by atoms with E-state index in [0.29, 0.717) is 15.9 Å². The number of rotatable bonds is 7. The number of aromatic nitrogens is 3. The Morgan fingerprint density at radius 2 is 1.91 bits per heavy atom. The van der Waals surface area contributed by atoms with Gasteiger partial charge in [0.2, 0.25) is 11.1 Å². The molecule has 4 N–H and O–H groups in total. The molecule has 8 nitrogen and oxygen atoms in total. The van der Waals surface area contributed by atoms with Crippen LogP contribution in [0, 0.1) is 6.92 Å². The molecule has 0 bridgehead atoms. The summed E-state index contributed by atoms with van der Waals surface area (Å²) in [6, 6.07) is 19.6. The summed E-state index contributed by atoms with van der Waals surface area (Å²) in [5, 5.41) is 18.5. The van der Waals surface area contributed by atoms with Crippen molar-refractivity contribution in [3.05, 3.63) is 76.8 Å². The lowest BCUT2D eigenvalue weighted by atomic mass is 10.0. The number of aryl methyl sites for hydroxylation is 1. The Balaban J connectivity index is 1.37. The van der Waals surface area contributed by atoms with Gasteiger partial charge in [0.15, 0.2) is 0 Å². The largest absolute Gasteiger partial charge is 0.334 e. The molecule has 0 atom stereocenters. The molecule has 0 unspecified atom stereocenters. The summed E-state index contributed by atoms with van der Waals surface area (Å²) in [6.45, 7) is 3.79. The Morgan fingerprint density at radius 1 is 1.12 bits per heavy atom. The van der Waals surface area contributed by atoms with Gasteiger partial charge in [0.05, 0.1) is 11.5 Å². The van der Waals surface area contributed by atoms with E-state index in [0.717, 1.165) is 22.2 Å². The van der Waals surface area contributed by atoms with E-state index in [-0.39, 0.29) is 17.6 Å². The van der Waals surface area contributed by atoms with Gasteiger partial charge in [-0.3, -0.25) is 4.79 Å². The smallest absolute Gasteiger partial charge is 0.264 e. The molecule has 0 aliphatic rings. The minimum Gasteiger partial charge on any atom is -0.334 e. The molecule has 10 heteroatoms. The second-order valence-electron chi connectivity index (χ2n) is 7.34. The Bertz CT molecular complexity index is 1350. The van der Waals surface area contributed by atoms with Crippen LogP contribution in [0.1, 0.15) is 18.1 Å². The second-order valence-corrected chi connectivity index (χ2v) is 8.72. The molecule has 168 valence electrons. The minimum atomic E-state index is -0.201. The number of hydrogen-bond donors (Lipinski definition) is 3. The number of amides is 1. The standard InChI is InChI=1S/C23H22ClN7OS/c1-14-7-10-19(24)12-20(14)26-21(32)13-33-23-30-29-22(31(23)25)28-27-15(2)17-9-8-16-5-3-4-6-18(16)11-17/h3-12H,13,25H2,1-2H3,(H,26,32)(H,28,29)/b27-15+. The lowest BCUT2D eigenvalue weighted by Crippen LogP contribution is -2.17. The van der Waals surface area contributed by atoms with Gasteiger partial charge in [-0.05, 0) is 53.9 Å². The van der Waals surface area contributed by atoms with Crippen molar-refractivity contribution in [2.45, 2.75) is 19.0 Å². The first-order chi connectivity index (χ1) is 15.9. The molecule has 1 amide bonds. The van der Waals surface area contributed by atoms with Gasteiger partial charge in [0.25, 0.3) is 5.95 Å². The van der Waals surface area contributed by atoms with Crippen LogP contribution >= 0.6 is 23.4 Å². The van der Waals surface area contributed by atoms with Crippen molar-refractivity contribution in [3.8, 4) is 0 Å². The molecule has 4 rings (SSSR count). The van der Waals surface area contributed by atoms with E-state index in [9.17, 15) is 4.79 Å². The molecule has 4 aromatic rings. The molecule has 0 fully saturated rings. The number of nitrogens with zero attached hydrogens (tertiary/aromatic N) is 4. The number of nitrogen functional groups attached to an aromatic ring is 1. The molecule has 0 saturated carbocycles. The highest BCUT2D eigenvalue weighted by molar-refractivity contribution is 7.99. The molecule has 1 aromatic heterocycles. The first kappa shape index (κ1) is 22.6. The van der Waals surface area contributed by atoms with Crippen molar-refractivity contribution >= 4 is 57.4 Å². The average molecular weight is 480 g/mol. The number of hydrazone groups is 1. The van der Waals surface area contributed by atoms with Crippen LogP contribution < -0.4 is 16.6 Å². The maximum absolute atomic E-state index is 12.3. The van der Waals surface area contributed by atoms with Gasteiger partial charge >= 0.3 is 0 Å². The maximum atomic E-state index is 12.3. The van der Waals surface area contributed by atoms with Crippen molar-refractivity contribution in [3.63, 3.8) is 0 Å². The molecule has 33 heavy (non-hydrogen) atoms. The van der Waals surface area contributed by atoms with Gasteiger partial charge in [0, 0.05) is 10.7 Å². The molecule has 0 aliphatic carbocycles. The highest BCUT2D eigenvalue weighted by Crippen LogP contribution is 2.22. The van der Waals surface area contributed by atoms with E-state index < -0.39 is 0 Å². The lowest BCUT2D eigenvalue weighted by molar-refractivity contribution is -0.113. The third kappa shape index (κ3) is 5.44. The Kier molecular flexibility index (Phi) is 6.81. The summed E-state index contributed by atoms with van der Waals surface area (Å²) in [6.07, 6.45) is 0. The van der Waals surface area contributed by atoms with Crippen molar-refractivity contribution in [1.29, 1.82) is 0 Å². The van der Waals surface area contributed by atoms with Crippen LogP contribution in [0.25, 0.3) is 10.8 Å². The van der Waals surface area contributed by atoms with E-state index in [2.05, 4.69) is 50.3 Å². The first-order valence-electron chi connectivity index (χ1n) is 10.1. The van der Waals surface area contributed by atoms with Gasteiger partial charge < -0.3 is 11.2 Å². The number of carbonyl (C=O) groups is 1. The number of benzene rings is 3. The van der Waals surface area contributed by atoms with Crippen molar-refractivity contribution in [2.24, 2.45) is 5.10 Å². The number of nitrogens with one attached hydrogen (secondary N) is 2. The quantitative estimate of drug-likeness (QED) is 0.154. The molecule has 0 radical (unpaired) electrons. The molecule has 0 saturated heterocycles. The summed E-state index contributed by atoms with van der Waals surface area (Å²) >= 11 is 7.17. The summed E-state index contributed by atoms with van der Waals surface area (Å²) in [5.74, 6) is 6.25. The van der Waals surface area contributed by atoms with E-state index in [1.165, 1.54) is 21.8 Å². The summed E-state index contributed by atoms with van der Waals surface area (Å²) in [7, 11) is 0. The second kappa shape index (κ2) is 9.93. The molecule has 3 aromatic carbocycles. The predicted molar refractivity (Wildman–Crippen MR) is 135 cm³/mol. The topological polar surface area (TPSA) is 110 Å². The third-order valence-corrected chi connectivity index (χ3v) is 6.14. The van der Waals surface area contributed by atoms with Crippen LogP contribution in [0.5, 0.6) is 0 Å². The zero-order chi connectivity index (χ0) is 23.4. The maximum Gasteiger partial charge on any atom is 0.264 e. The minimum absolute atomic E-state index is 0.112. The van der Waals surface area contributed by atoms with E-state index in [4.69, 9.17) is 17.4 Å². The van der Waals surface area contributed by atoms with Crippen LogP contribution in [-0.2, 0) is 4.79 Å².